The van der Waals surface area contributed by atoms with Crippen LogP contribution in [0.15, 0.2) is 60.3 Å². The monoisotopic (exact) mass is 401 g/mol. The molecule has 1 saturated carbocycles. The fraction of sp³-hybridized carbons (Fsp3) is 0.250. The summed E-state index contributed by atoms with van der Waals surface area (Å²) in [6, 6.07) is 17.7. The van der Waals surface area contributed by atoms with Crippen molar-refractivity contribution in [3.8, 4) is 17.6 Å². The van der Waals surface area contributed by atoms with E-state index in [2.05, 4.69) is 9.88 Å². The SMILES string of the molecule is COc1ccc(OCCn2cc(C=C(C#N)C(=O)NC3CC3)c3ccccc32)cc1. The minimum Gasteiger partial charge on any atom is -0.497 e. The molecule has 1 heterocycles. The van der Waals surface area contributed by atoms with Gasteiger partial charge in [0.05, 0.1) is 13.7 Å². The molecule has 1 aliphatic rings. The largest absolute Gasteiger partial charge is 0.497 e. The number of benzene rings is 2. The van der Waals surface area contributed by atoms with Crippen LogP contribution in [0.1, 0.15) is 18.4 Å². The van der Waals surface area contributed by atoms with E-state index in [0.29, 0.717) is 13.2 Å². The molecule has 6 heteroatoms. The van der Waals surface area contributed by atoms with Gasteiger partial charge in [0, 0.05) is 28.7 Å². The second kappa shape index (κ2) is 8.75. The number of hydrogen-bond acceptors (Lipinski definition) is 4. The molecule has 30 heavy (non-hydrogen) atoms. The fourth-order valence-electron chi connectivity index (χ4n) is 3.30. The third-order valence-electron chi connectivity index (χ3n) is 5.06. The van der Waals surface area contributed by atoms with Gasteiger partial charge in [0.1, 0.15) is 29.7 Å². The second-order valence-corrected chi connectivity index (χ2v) is 7.24. The summed E-state index contributed by atoms with van der Waals surface area (Å²) in [6.07, 6.45) is 5.60. The first-order chi connectivity index (χ1) is 14.7. The molecule has 152 valence electrons. The number of fused-ring (bicyclic) bond motifs is 1. The number of carbonyl (C=O) groups is 1. The molecule has 0 saturated heterocycles. The molecule has 0 atom stereocenters. The number of nitriles is 1. The van der Waals surface area contributed by atoms with Gasteiger partial charge < -0.3 is 19.4 Å². The van der Waals surface area contributed by atoms with Crippen molar-refractivity contribution in [2.45, 2.75) is 25.4 Å². The Kier molecular flexibility index (Phi) is 5.71. The van der Waals surface area contributed by atoms with Crippen molar-refractivity contribution >= 4 is 22.9 Å². The Balaban J connectivity index is 1.51. The first kappa shape index (κ1) is 19.6. The molecule has 1 N–H and O–H groups in total. The van der Waals surface area contributed by atoms with Crippen molar-refractivity contribution in [2.75, 3.05) is 13.7 Å². The number of carbonyl (C=O) groups excluding carboxylic acids is 1. The molecule has 1 amide bonds. The van der Waals surface area contributed by atoms with Gasteiger partial charge in [-0.05, 0) is 49.2 Å². The first-order valence-electron chi connectivity index (χ1n) is 9.95. The predicted octanol–water partition coefficient (Wildman–Crippen LogP) is 3.91. The maximum Gasteiger partial charge on any atom is 0.262 e. The lowest BCUT2D eigenvalue weighted by atomic mass is 10.1. The molecule has 3 aromatic rings. The van der Waals surface area contributed by atoms with Crippen molar-refractivity contribution in [3.05, 3.63) is 65.9 Å². The van der Waals surface area contributed by atoms with Gasteiger partial charge in [-0.1, -0.05) is 18.2 Å². The van der Waals surface area contributed by atoms with Crippen LogP contribution in [0.5, 0.6) is 11.5 Å². The number of methoxy groups -OCH3 is 1. The van der Waals surface area contributed by atoms with Gasteiger partial charge in [0.15, 0.2) is 0 Å². The minimum absolute atomic E-state index is 0.124. The van der Waals surface area contributed by atoms with E-state index < -0.39 is 0 Å². The number of hydrogen-bond donors (Lipinski definition) is 1. The standard InChI is InChI=1S/C24H23N3O3/c1-29-20-8-10-21(11-9-20)30-13-12-27-16-18(22-4-2-3-5-23(22)27)14-17(15-25)24(28)26-19-6-7-19/h2-5,8-11,14,16,19H,6-7,12-13H2,1H3,(H,26,28). The van der Waals surface area contributed by atoms with Crippen molar-refractivity contribution in [3.63, 3.8) is 0 Å². The van der Waals surface area contributed by atoms with Crippen LogP contribution in [0.2, 0.25) is 0 Å². The van der Waals surface area contributed by atoms with Crippen LogP contribution in [-0.2, 0) is 11.3 Å². The van der Waals surface area contributed by atoms with E-state index in [0.717, 1.165) is 40.8 Å². The van der Waals surface area contributed by atoms with Crippen molar-refractivity contribution in [1.82, 2.24) is 9.88 Å². The smallest absolute Gasteiger partial charge is 0.262 e. The van der Waals surface area contributed by atoms with Gasteiger partial charge in [0.25, 0.3) is 5.91 Å². The summed E-state index contributed by atoms with van der Waals surface area (Å²) in [6.45, 7) is 1.12. The Morgan fingerprint density at radius 1 is 1.20 bits per heavy atom. The Bertz CT molecular complexity index is 1120. The molecule has 6 nitrogen and oxygen atoms in total. The zero-order valence-corrected chi connectivity index (χ0v) is 16.8. The maximum absolute atomic E-state index is 12.3. The zero-order valence-electron chi connectivity index (χ0n) is 16.8. The fourth-order valence-corrected chi connectivity index (χ4v) is 3.30. The van der Waals surface area contributed by atoms with E-state index in [9.17, 15) is 10.1 Å². The first-order valence-corrected chi connectivity index (χ1v) is 9.95. The molecule has 2 aromatic carbocycles. The average Bonchev–Trinajstić information content (AvgIpc) is 3.53. The summed E-state index contributed by atoms with van der Waals surface area (Å²) in [5, 5.41) is 13.3. The molecule has 4 rings (SSSR count). The summed E-state index contributed by atoms with van der Waals surface area (Å²) in [4.78, 5) is 12.3. The van der Waals surface area contributed by atoms with E-state index in [4.69, 9.17) is 9.47 Å². The molecule has 1 aliphatic carbocycles. The predicted molar refractivity (Wildman–Crippen MR) is 115 cm³/mol. The van der Waals surface area contributed by atoms with E-state index in [1.807, 2.05) is 60.8 Å². The topological polar surface area (TPSA) is 76.3 Å². The van der Waals surface area contributed by atoms with Crippen LogP contribution in [-0.4, -0.2) is 30.2 Å². The van der Waals surface area contributed by atoms with E-state index in [1.54, 1.807) is 13.2 Å². The van der Waals surface area contributed by atoms with Crippen LogP contribution in [0.4, 0.5) is 0 Å². The summed E-state index contributed by atoms with van der Waals surface area (Å²) >= 11 is 0. The second-order valence-electron chi connectivity index (χ2n) is 7.24. The summed E-state index contributed by atoms with van der Waals surface area (Å²) in [5.41, 5.74) is 2.00. The van der Waals surface area contributed by atoms with Crippen molar-refractivity contribution in [2.24, 2.45) is 0 Å². The molecule has 1 fully saturated rings. The van der Waals surface area contributed by atoms with Crippen molar-refractivity contribution < 1.29 is 14.3 Å². The van der Waals surface area contributed by atoms with Crippen molar-refractivity contribution in [1.29, 1.82) is 5.26 Å². The quantitative estimate of drug-likeness (QED) is 0.459. The number of nitrogens with zero attached hydrogens (tertiary/aromatic N) is 2. The summed E-state index contributed by atoms with van der Waals surface area (Å²) < 4.78 is 13.1. The highest BCUT2D eigenvalue weighted by Crippen LogP contribution is 2.25. The summed E-state index contributed by atoms with van der Waals surface area (Å²) in [7, 11) is 1.63. The lowest BCUT2D eigenvalue weighted by Gasteiger charge is -2.09. The normalized spacial score (nSPS) is 13.7. The third kappa shape index (κ3) is 4.47. The number of rotatable bonds is 8. The van der Waals surface area contributed by atoms with Crippen LogP contribution in [0, 0.1) is 11.3 Å². The van der Waals surface area contributed by atoms with Gasteiger partial charge in [-0.2, -0.15) is 5.26 Å². The molecule has 0 aliphatic heterocycles. The zero-order chi connectivity index (χ0) is 20.9. The Labute approximate surface area is 175 Å². The minimum atomic E-state index is -0.306. The number of para-hydroxylation sites is 1. The van der Waals surface area contributed by atoms with Gasteiger partial charge >= 0.3 is 0 Å². The maximum atomic E-state index is 12.3. The summed E-state index contributed by atoms with van der Waals surface area (Å²) in [5.74, 6) is 1.25. The molecule has 0 bridgehead atoms. The number of amides is 1. The highest BCUT2D eigenvalue weighted by atomic mass is 16.5. The van der Waals surface area contributed by atoms with Gasteiger partial charge in [-0.3, -0.25) is 4.79 Å². The molecular weight excluding hydrogens is 378 g/mol. The average molecular weight is 401 g/mol. The van der Waals surface area contributed by atoms with Gasteiger partial charge in [-0.25, -0.2) is 0 Å². The van der Waals surface area contributed by atoms with E-state index in [-0.39, 0.29) is 17.5 Å². The Morgan fingerprint density at radius 3 is 2.63 bits per heavy atom. The van der Waals surface area contributed by atoms with Gasteiger partial charge in [-0.15, -0.1) is 0 Å². The van der Waals surface area contributed by atoms with E-state index >= 15 is 0 Å². The molecule has 1 aromatic heterocycles. The van der Waals surface area contributed by atoms with E-state index in [1.165, 1.54) is 0 Å². The molecule has 0 spiro atoms. The number of ether oxygens (including phenoxy) is 2. The number of aromatic nitrogens is 1. The Morgan fingerprint density at radius 2 is 1.93 bits per heavy atom. The molecular formula is C24H23N3O3. The lowest BCUT2D eigenvalue weighted by Crippen LogP contribution is -2.26. The number of nitrogens with one attached hydrogen (secondary N) is 1. The highest BCUT2D eigenvalue weighted by molar-refractivity contribution is 6.04. The van der Waals surface area contributed by atoms with Crippen LogP contribution < -0.4 is 14.8 Å². The lowest BCUT2D eigenvalue weighted by molar-refractivity contribution is -0.117. The van der Waals surface area contributed by atoms with Crippen LogP contribution in [0.3, 0.4) is 0 Å². The molecule has 0 unspecified atom stereocenters. The van der Waals surface area contributed by atoms with Crippen LogP contribution in [0.25, 0.3) is 17.0 Å². The Hall–Kier alpha value is -3.72. The highest BCUT2D eigenvalue weighted by Gasteiger charge is 2.24. The third-order valence-corrected chi connectivity index (χ3v) is 5.06. The van der Waals surface area contributed by atoms with Crippen LogP contribution >= 0.6 is 0 Å². The molecule has 0 radical (unpaired) electrons. The van der Waals surface area contributed by atoms with Gasteiger partial charge in [0.2, 0.25) is 0 Å².